The van der Waals surface area contributed by atoms with E-state index in [1.807, 2.05) is 0 Å². The summed E-state index contributed by atoms with van der Waals surface area (Å²) in [5, 5.41) is 9.97. The summed E-state index contributed by atoms with van der Waals surface area (Å²) in [5.74, 6) is -0.291. The van der Waals surface area contributed by atoms with Crippen LogP contribution in [0, 0.1) is 5.82 Å². The molecule has 122 valence electrons. The van der Waals surface area contributed by atoms with E-state index >= 15 is 0 Å². The summed E-state index contributed by atoms with van der Waals surface area (Å²) in [5.41, 5.74) is 1.61. The summed E-state index contributed by atoms with van der Waals surface area (Å²) < 4.78 is 15.2. The zero-order valence-corrected chi connectivity index (χ0v) is 13.3. The molecule has 3 aromatic rings. The summed E-state index contributed by atoms with van der Waals surface area (Å²) in [4.78, 5) is 12.0. The molecule has 5 nitrogen and oxygen atoms in total. The summed E-state index contributed by atoms with van der Waals surface area (Å²) >= 11 is 5.87. The number of hydrogen-bond donors (Lipinski definition) is 2. The Balaban J connectivity index is 1.61. The van der Waals surface area contributed by atoms with Gasteiger partial charge in [0.25, 0.3) is 0 Å². The zero-order valence-electron chi connectivity index (χ0n) is 12.5. The average molecular weight is 345 g/mol. The monoisotopic (exact) mass is 344 g/mol. The van der Waals surface area contributed by atoms with Gasteiger partial charge in [-0.2, -0.15) is 5.10 Å². The predicted octanol–water partition coefficient (Wildman–Crippen LogP) is 4.37. The number of benzene rings is 2. The van der Waals surface area contributed by atoms with E-state index in [-0.39, 0.29) is 12.4 Å². The van der Waals surface area contributed by atoms with Crippen molar-refractivity contribution in [2.24, 2.45) is 0 Å². The van der Waals surface area contributed by atoms with Crippen molar-refractivity contribution in [1.82, 2.24) is 9.78 Å². The first-order valence-electron chi connectivity index (χ1n) is 7.19. The number of nitrogens with zero attached hydrogens (tertiary/aromatic N) is 2. The number of halogens is 2. The van der Waals surface area contributed by atoms with Crippen LogP contribution in [-0.4, -0.2) is 15.8 Å². The van der Waals surface area contributed by atoms with Crippen LogP contribution >= 0.6 is 11.6 Å². The lowest BCUT2D eigenvalue weighted by molar-refractivity contribution is 0.262. The van der Waals surface area contributed by atoms with E-state index in [9.17, 15) is 9.18 Å². The van der Waals surface area contributed by atoms with Crippen LogP contribution < -0.4 is 10.6 Å². The van der Waals surface area contributed by atoms with Crippen LogP contribution in [-0.2, 0) is 6.54 Å². The van der Waals surface area contributed by atoms with Gasteiger partial charge in [-0.15, -0.1) is 0 Å². The minimum Gasteiger partial charge on any atom is -0.308 e. The molecule has 7 heteroatoms. The maximum atomic E-state index is 13.6. The summed E-state index contributed by atoms with van der Waals surface area (Å²) in [6, 6.07) is 12.9. The quantitative estimate of drug-likeness (QED) is 0.738. The first-order chi connectivity index (χ1) is 11.6. The highest BCUT2D eigenvalue weighted by molar-refractivity contribution is 6.30. The van der Waals surface area contributed by atoms with Crippen LogP contribution in [0.2, 0.25) is 5.02 Å². The van der Waals surface area contributed by atoms with Crippen LogP contribution in [0.15, 0.2) is 60.9 Å². The number of carbonyl (C=O) groups is 1. The molecule has 0 saturated carbocycles. The Hall–Kier alpha value is -2.86. The lowest BCUT2D eigenvalue weighted by atomic mass is 10.2. The van der Waals surface area contributed by atoms with Gasteiger partial charge in [0.2, 0.25) is 0 Å². The highest BCUT2D eigenvalue weighted by atomic mass is 35.5. The lowest BCUT2D eigenvalue weighted by Crippen LogP contribution is -2.19. The fourth-order valence-electron chi connectivity index (χ4n) is 2.18. The smallest absolute Gasteiger partial charge is 0.308 e. The van der Waals surface area contributed by atoms with Crippen molar-refractivity contribution in [1.29, 1.82) is 0 Å². The van der Waals surface area contributed by atoms with E-state index in [2.05, 4.69) is 15.7 Å². The maximum Gasteiger partial charge on any atom is 0.323 e. The third-order valence-electron chi connectivity index (χ3n) is 3.26. The van der Waals surface area contributed by atoms with Crippen molar-refractivity contribution < 1.29 is 9.18 Å². The summed E-state index contributed by atoms with van der Waals surface area (Å²) in [7, 11) is 0. The molecule has 0 unspecified atom stereocenters. The van der Waals surface area contributed by atoms with Gasteiger partial charge in [0, 0.05) is 22.5 Å². The Bertz CT molecular complexity index is 865. The van der Waals surface area contributed by atoms with Crippen LogP contribution in [0.4, 0.5) is 20.6 Å². The van der Waals surface area contributed by atoms with Crippen LogP contribution in [0.1, 0.15) is 5.56 Å². The van der Waals surface area contributed by atoms with Crippen molar-refractivity contribution >= 4 is 29.0 Å². The van der Waals surface area contributed by atoms with E-state index < -0.39 is 6.03 Å². The van der Waals surface area contributed by atoms with Crippen molar-refractivity contribution in [3.63, 3.8) is 0 Å². The fourth-order valence-corrected chi connectivity index (χ4v) is 2.37. The van der Waals surface area contributed by atoms with Crippen LogP contribution in [0.25, 0.3) is 0 Å². The lowest BCUT2D eigenvalue weighted by Gasteiger charge is -2.06. The van der Waals surface area contributed by atoms with Gasteiger partial charge in [-0.05, 0) is 24.3 Å². The summed E-state index contributed by atoms with van der Waals surface area (Å²) in [6.45, 7) is 0.282. The predicted molar refractivity (Wildman–Crippen MR) is 91.8 cm³/mol. The van der Waals surface area contributed by atoms with Crippen molar-refractivity contribution in [2.75, 3.05) is 10.6 Å². The number of amides is 2. The molecule has 24 heavy (non-hydrogen) atoms. The second kappa shape index (κ2) is 7.14. The average Bonchev–Trinajstić information content (AvgIpc) is 2.96. The van der Waals surface area contributed by atoms with E-state index in [0.717, 1.165) is 0 Å². The highest BCUT2D eigenvalue weighted by Crippen LogP contribution is 2.16. The molecule has 2 aromatic carbocycles. The number of carbonyl (C=O) groups excluding carboxylic acids is 1. The van der Waals surface area contributed by atoms with Gasteiger partial charge in [-0.25, -0.2) is 9.18 Å². The number of aromatic nitrogens is 2. The Morgan fingerprint density at radius 3 is 2.71 bits per heavy atom. The van der Waals surface area contributed by atoms with Crippen LogP contribution in [0.5, 0.6) is 0 Å². The summed E-state index contributed by atoms with van der Waals surface area (Å²) in [6.07, 6.45) is 3.13. The standard InChI is InChI=1S/C17H14ClFN4O/c18-13-5-3-6-14(8-13)21-17(24)22-15-9-20-23(11-15)10-12-4-1-2-7-16(12)19/h1-9,11H,10H2,(H2,21,22,24). The Morgan fingerprint density at radius 2 is 1.92 bits per heavy atom. The van der Waals surface area contributed by atoms with Gasteiger partial charge in [0.1, 0.15) is 5.82 Å². The molecule has 0 fully saturated rings. The van der Waals surface area contributed by atoms with Gasteiger partial charge in [0.15, 0.2) is 0 Å². The van der Waals surface area contributed by atoms with E-state index in [0.29, 0.717) is 22.0 Å². The number of hydrogen-bond acceptors (Lipinski definition) is 2. The minimum atomic E-state index is -0.414. The molecule has 3 rings (SSSR count). The molecule has 0 atom stereocenters. The molecule has 0 aliphatic carbocycles. The molecule has 2 N–H and O–H groups in total. The second-order valence-corrected chi connectivity index (χ2v) is 5.54. The maximum absolute atomic E-state index is 13.6. The van der Waals surface area contributed by atoms with E-state index in [4.69, 9.17) is 11.6 Å². The van der Waals surface area contributed by atoms with E-state index in [1.54, 1.807) is 53.3 Å². The first kappa shape index (κ1) is 16.0. The highest BCUT2D eigenvalue weighted by Gasteiger charge is 2.07. The van der Waals surface area contributed by atoms with Gasteiger partial charge in [-0.1, -0.05) is 35.9 Å². The second-order valence-electron chi connectivity index (χ2n) is 5.11. The SMILES string of the molecule is O=C(Nc1cccc(Cl)c1)Nc1cnn(Cc2ccccc2F)c1. The van der Waals surface area contributed by atoms with Gasteiger partial charge in [0.05, 0.1) is 18.4 Å². The van der Waals surface area contributed by atoms with Gasteiger partial charge in [-0.3, -0.25) is 4.68 Å². The molecular formula is C17H14ClFN4O. The molecule has 0 bridgehead atoms. The molecule has 1 heterocycles. The number of urea groups is 1. The largest absolute Gasteiger partial charge is 0.323 e. The van der Waals surface area contributed by atoms with Crippen molar-refractivity contribution in [3.05, 3.63) is 77.3 Å². The van der Waals surface area contributed by atoms with E-state index in [1.165, 1.54) is 12.3 Å². The number of nitrogens with one attached hydrogen (secondary N) is 2. The third kappa shape index (κ3) is 4.11. The fraction of sp³-hybridized carbons (Fsp3) is 0.0588. The molecule has 2 amide bonds. The van der Waals surface area contributed by atoms with Gasteiger partial charge >= 0.3 is 6.03 Å². The molecule has 0 radical (unpaired) electrons. The molecule has 0 aliphatic heterocycles. The number of anilines is 2. The number of rotatable bonds is 4. The van der Waals surface area contributed by atoms with Crippen LogP contribution in [0.3, 0.4) is 0 Å². The first-order valence-corrected chi connectivity index (χ1v) is 7.57. The zero-order chi connectivity index (χ0) is 16.9. The molecule has 0 saturated heterocycles. The topological polar surface area (TPSA) is 59.0 Å². The minimum absolute atomic E-state index is 0.282. The molecule has 0 spiro atoms. The molecule has 0 aliphatic rings. The van der Waals surface area contributed by atoms with Crippen molar-refractivity contribution in [2.45, 2.75) is 6.54 Å². The Morgan fingerprint density at radius 1 is 1.12 bits per heavy atom. The molecule has 1 aromatic heterocycles. The normalized spacial score (nSPS) is 10.4. The third-order valence-corrected chi connectivity index (χ3v) is 3.50. The Labute approximate surface area is 143 Å². The van der Waals surface area contributed by atoms with Crippen molar-refractivity contribution in [3.8, 4) is 0 Å². The molecular weight excluding hydrogens is 331 g/mol. The Kier molecular flexibility index (Phi) is 4.77. The van der Waals surface area contributed by atoms with Gasteiger partial charge < -0.3 is 10.6 Å².